The van der Waals surface area contributed by atoms with Gasteiger partial charge in [0, 0.05) is 14.1 Å². The fraction of sp³-hybridized carbons (Fsp3) is 0.167. The van der Waals surface area contributed by atoms with E-state index in [9.17, 15) is 8.42 Å². The maximum absolute atomic E-state index is 12.2. The van der Waals surface area contributed by atoms with Gasteiger partial charge >= 0.3 is 0 Å². The number of nitrogens with one attached hydrogen (secondary N) is 1. The third-order valence-corrected chi connectivity index (χ3v) is 4.61. The Hall–Kier alpha value is -1.57. The van der Waals surface area contributed by atoms with Crippen molar-refractivity contribution in [2.75, 3.05) is 23.7 Å². The van der Waals surface area contributed by atoms with Gasteiger partial charge in [-0.15, -0.1) is 0 Å². The van der Waals surface area contributed by atoms with Crippen LogP contribution >= 0.6 is 23.2 Å². The standard InChI is InChI=1S/C12H12Cl2N4O2S/c1-18(2)12-15-6-8(7-16-12)17-21(19,20)9-3-4-10(13)11(14)5-9/h3-7,17H,1-2H3. The monoisotopic (exact) mass is 346 g/mol. The minimum atomic E-state index is -3.77. The molecule has 1 aromatic heterocycles. The highest BCUT2D eigenvalue weighted by Crippen LogP contribution is 2.25. The molecule has 9 heteroatoms. The molecule has 2 rings (SSSR count). The van der Waals surface area contributed by atoms with Crippen LogP contribution in [0, 0.1) is 0 Å². The van der Waals surface area contributed by atoms with E-state index in [0.29, 0.717) is 5.95 Å². The zero-order valence-electron chi connectivity index (χ0n) is 11.2. The van der Waals surface area contributed by atoms with E-state index in [4.69, 9.17) is 23.2 Å². The average molecular weight is 347 g/mol. The molecule has 0 radical (unpaired) electrons. The number of anilines is 2. The summed E-state index contributed by atoms with van der Waals surface area (Å²) < 4.78 is 26.8. The maximum Gasteiger partial charge on any atom is 0.262 e. The lowest BCUT2D eigenvalue weighted by molar-refractivity contribution is 0.601. The molecule has 1 N–H and O–H groups in total. The predicted octanol–water partition coefficient (Wildman–Crippen LogP) is 2.65. The molecule has 0 aliphatic carbocycles. The van der Waals surface area contributed by atoms with Gasteiger partial charge in [0.1, 0.15) is 0 Å². The molecule has 1 aromatic carbocycles. The summed E-state index contributed by atoms with van der Waals surface area (Å²) in [5, 5.41) is 0.452. The number of halogens is 2. The molecule has 21 heavy (non-hydrogen) atoms. The lowest BCUT2D eigenvalue weighted by atomic mass is 10.4. The first-order valence-corrected chi connectivity index (χ1v) is 8.01. The molecule has 6 nitrogen and oxygen atoms in total. The van der Waals surface area contributed by atoms with E-state index >= 15 is 0 Å². The summed E-state index contributed by atoms with van der Waals surface area (Å²) in [7, 11) is -0.199. The third kappa shape index (κ3) is 3.75. The van der Waals surface area contributed by atoms with E-state index in [1.165, 1.54) is 30.6 Å². The first-order chi connectivity index (χ1) is 9.79. The summed E-state index contributed by atoms with van der Waals surface area (Å²) in [6.45, 7) is 0. The van der Waals surface area contributed by atoms with Gasteiger partial charge in [-0.2, -0.15) is 0 Å². The molecule has 2 aromatic rings. The van der Waals surface area contributed by atoms with E-state index in [1.807, 2.05) is 0 Å². The number of hydrogen-bond acceptors (Lipinski definition) is 5. The fourth-order valence-corrected chi connectivity index (χ4v) is 2.88. The number of benzene rings is 1. The van der Waals surface area contributed by atoms with Crippen molar-refractivity contribution in [3.05, 3.63) is 40.6 Å². The van der Waals surface area contributed by atoms with Gasteiger partial charge in [0.2, 0.25) is 5.95 Å². The van der Waals surface area contributed by atoms with Crippen molar-refractivity contribution in [2.45, 2.75) is 4.90 Å². The molecule has 0 bridgehead atoms. The molecule has 0 amide bonds. The molecule has 0 fully saturated rings. The van der Waals surface area contributed by atoms with E-state index in [0.717, 1.165) is 0 Å². The molecular formula is C12H12Cl2N4O2S. The zero-order chi connectivity index (χ0) is 15.6. The first kappa shape index (κ1) is 15.8. The number of nitrogens with zero attached hydrogens (tertiary/aromatic N) is 3. The Kier molecular flexibility index (Phi) is 4.55. The topological polar surface area (TPSA) is 75.2 Å². The zero-order valence-corrected chi connectivity index (χ0v) is 13.5. The van der Waals surface area contributed by atoms with Crippen LogP contribution in [0.25, 0.3) is 0 Å². The van der Waals surface area contributed by atoms with Crippen molar-refractivity contribution < 1.29 is 8.42 Å². The Balaban J connectivity index is 2.26. The van der Waals surface area contributed by atoms with Gasteiger partial charge in [0.25, 0.3) is 10.0 Å². The second-order valence-corrected chi connectivity index (χ2v) is 6.84. The molecule has 0 saturated heterocycles. The highest BCUT2D eigenvalue weighted by Gasteiger charge is 2.16. The van der Waals surface area contributed by atoms with Gasteiger partial charge in [-0.25, -0.2) is 18.4 Å². The summed E-state index contributed by atoms with van der Waals surface area (Å²) in [4.78, 5) is 9.77. The van der Waals surface area contributed by atoms with Gasteiger partial charge < -0.3 is 4.90 Å². The van der Waals surface area contributed by atoms with Crippen molar-refractivity contribution in [2.24, 2.45) is 0 Å². The minimum absolute atomic E-state index is 0.00795. The summed E-state index contributed by atoms with van der Waals surface area (Å²) in [6.07, 6.45) is 2.77. The average Bonchev–Trinajstić information content (AvgIpc) is 2.42. The van der Waals surface area contributed by atoms with E-state index in [1.54, 1.807) is 19.0 Å². The Morgan fingerprint density at radius 2 is 1.71 bits per heavy atom. The highest BCUT2D eigenvalue weighted by atomic mass is 35.5. The third-order valence-electron chi connectivity index (χ3n) is 2.49. The van der Waals surface area contributed by atoms with Crippen molar-refractivity contribution in [3.63, 3.8) is 0 Å². The summed E-state index contributed by atoms with van der Waals surface area (Å²) >= 11 is 11.6. The summed E-state index contributed by atoms with van der Waals surface area (Å²) in [5.41, 5.74) is 0.256. The van der Waals surface area contributed by atoms with Crippen LogP contribution in [-0.4, -0.2) is 32.5 Å². The first-order valence-electron chi connectivity index (χ1n) is 5.77. The molecule has 1 heterocycles. The van der Waals surface area contributed by atoms with Crippen LogP contribution in [0.2, 0.25) is 10.0 Å². The van der Waals surface area contributed by atoms with Crippen LogP contribution in [0.3, 0.4) is 0 Å². The Morgan fingerprint density at radius 1 is 1.10 bits per heavy atom. The van der Waals surface area contributed by atoms with Gasteiger partial charge in [-0.3, -0.25) is 4.72 Å². The Bertz CT molecular complexity index is 748. The largest absolute Gasteiger partial charge is 0.347 e. The van der Waals surface area contributed by atoms with Crippen LogP contribution in [0.4, 0.5) is 11.6 Å². The van der Waals surface area contributed by atoms with Gasteiger partial charge in [0.15, 0.2) is 0 Å². The number of rotatable bonds is 4. The number of aromatic nitrogens is 2. The van der Waals surface area contributed by atoms with Crippen molar-refractivity contribution in [1.29, 1.82) is 0 Å². The molecule has 0 unspecified atom stereocenters. The smallest absolute Gasteiger partial charge is 0.262 e. The molecule has 0 atom stereocenters. The Labute approximate surface area is 132 Å². The molecule has 112 valence electrons. The van der Waals surface area contributed by atoms with Crippen LogP contribution in [0.1, 0.15) is 0 Å². The quantitative estimate of drug-likeness (QED) is 0.920. The van der Waals surface area contributed by atoms with Crippen molar-refractivity contribution >= 4 is 44.9 Å². The summed E-state index contributed by atoms with van der Waals surface area (Å²) in [5.74, 6) is 0.479. The van der Waals surface area contributed by atoms with Crippen molar-refractivity contribution in [1.82, 2.24) is 9.97 Å². The molecule has 0 aliphatic heterocycles. The molecule has 0 spiro atoms. The number of hydrogen-bond donors (Lipinski definition) is 1. The van der Waals surface area contributed by atoms with E-state index < -0.39 is 10.0 Å². The molecule has 0 saturated carbocycles. The Morgan fingerprint density at radius 3 is 2.24 bits per heavy atom. The maximum atomic E-state index is 12.2. The van der Waals surface area contributed by atoms with Crippen LogP contribution in [0.15, 0.2) is 35.5 Å². The van der Waals surface area contributed by atoms with Crippen LogP contribution in [-0.2, 0) is 10.0 Å². The van der Waals surface area contributed by atoms with E-state index in [-0.39, 0.29) is 20.6 Å². The van der Waals surface area contributed by atoms with Gasteiger partial charge in [-0.1, -0.05) is 23.2 Å². The van der Waals surface area contributed by atoms with Crippen LogP contribution in [0.5, 0.6) is 0 Å². The fourth-order valence-electron chi connectivity index (χ4n) is 1.46. The van der Waals surface area contributed by atoms with Crippen LogP contribution < -0.4 is 9.62 Å². The van der Waals surface area contributed by atoms with Gasteiger partial charge in [-0.05, 0) is 18.2 Å². The minimum Gasteiger partial charge on any atom is -0.347 e. The predicted molar refractivity (Wildman–Crippen MR) is 83.6 cm³/mol. The number of sulfonamides is 1. The summed E-state index contributed by atoms with van der Waals surface area (Å²) in [6, 6.07) is 4.07. The lowest BCUT2D eigenvalue weighted by Crippen LogP contribution is -2.15. The molecular weight excluding hydrogens is 335 g/mol. The second kappa shape index (κ2) is 6.05. The van der Waals surface area contributed by atoms with E-state index in [2.05, 4.69) is 14.7 Å². The second-order valence-electron chi connectivity index (χ2n) is 4.35. The normalized spacial score (nSPS) is 11.2. The lowest BCUT2D eigenvalue weighted by Gasteiger charge is -2.11. The molecule has 0 aliphatic rings. The highest BCUT2D eigenvalue weighted by molar-refractivity contribution is 7.92. The van der Waals surface area contributed by atoms with Crippen molar-refractivity contribution in [3.8, 4) is 0 Å². The van der Waals surface area contributed by atoms with Gasteiger partial charge in [0.05, 0.1) is 33.0 Å². The SMILES string of the molecule is CN(C)c1ncc(NS(=O)(=O)c2ccc(Cl)c(Cl)c2)cn1.